The van der Waals surface area contributed by atoms with Crippen LogP contribution in [0.1, 0.15) is 38.2 Å². The van der Waals surface area contributed by atoms with E-state index in [2.05, 4.69) is 19.1 Å². The normalized spacial score (nSPS) is 30.8. The van der Waals surface area contributed by atoms with Crippen LogP contribution in [0.2, 0.25) is 0 Å². The number of quaternary nitrogens is 2. The minimum atomic E-state index is 0.842. The number of rotatable bonds is 5. The smallest absolute Gasteiger partial charge is 0.169 e. The van der Waals surface area contributed by atoms with Gasteiger partial charge >= 0.3 is 0 Å². The summed E-state index contributed by atoms with van der Waals surface area (Å²) in [5, 5.41) is 0. The van der Waals surface area contributed by atoms with E-state index >= 15 is 0 Å². The molecule has 3 rings (SSSR count). The fourth-order valence-electron chi connectivity index (χ4n) is 4.76. The average molecular weight is 335 g/mol. The number of ether oxygens (including phenoxy) is 2. The van der Waals surface area contributed by atoms with Crippen molar-refractivity contribution in [2.75, 3.05) is 40.4 Å². The first-order chi connectivity index (χ1) is 11.7. The van der Waals surface area contributed by atoms with Gasteiger partial charge < -0.3 is 19.3 Å². The van der Waals surface area contributed by atoms with Crippen LogP contribution >= 0.6 is 0 Å². The molecular formula is C20H34N2O2+2. The third kappa shape index (κ3) is 3.86. The van der Waals surface area contributed by atoms with Crippen molar-refractivity contribution in [2.24, 2.45) is 5.92 Å². The van der Waals surface area contributed by atoms with Crippen LogP contribution in [0.5, 0.6) is 11.5 Å². The summed E-state index contributed by atoms with van der Waals surface area (Å²) >= 11 is 0. The Morgan fingerprint density at radius 1 is 1.00 bits per heavy atom. The lowest BCUT2D eigenvalue weighted by atomic mass is 9.84. The van der Waals surface area contributed by atoms with Crippen molar-refractivity contribution in [1.29, 1.82) is 0 Å². The van der Waals surface area contributed by atoms with Gasteiger partial charge in [0.25, 0.3) is 0 Å². The lowest BCUT2D eigenvalue weighted by Crippen LogP contribution is -3.29. The van der Waals surface area contributed by atoms with Gasteiger partial charge in [-0.15, -0.1) is 0 Å². The van der Waals surface area contributed by atoms with Crippen LogP contribution in [0.4, 0.5) is 0 Å². The Labute approximate surface area is 146 Å². The van der Waals surface area contributed by atoms with E-state index in [4.69, 9.17) is 9.47 Å². The summed E-state index contributed by atoms with van der Waals surface area (Å²) in [6.45, 7) is 8.66. The molecule has 2 N–H and O–H groups in total. The molecule has 1 aliphatic carbocycles. The maximum absolute atomic E-state index is 5.60. The maximum Gasteiger partial charge on any atom is 0.169 e. The molecule has 2 atom stereocenters. The zero-order chi connectivity index (χ0) is 16.9. The van der Waals surface area contributed by atoms with Gasteiger partial charge in [0.2, 0.25) is 0 Å². The molecule has 0 bridgehead atoms. The number of piperazine rings is 1. The molecular weight excluding hydrogens is 300 g/mol. The Hall–Kier alpha value is -1.26. The summed E-state index contributed by atoms with van der Waals surface area (Å²) < 4.78 is 11.0. The second-order valence-electron chi connectivity index (χ2n) is 7.61. The topological polar surface area (TPSA) is 27.3 Å². The fraction of sp³-hybridized carbons (Fsp3) is 0.700. The van der Waals surface area contributed by atoms with Crippen molar-refractivity contribution in [3.63, 3.8) is 0 Å². The number of nitrogens with one attached hydrogen (secondary N) is 2. The van der Waals surface area contributed by atoms with Crippen molar-refractivity contribution < 1.29 is 19.3 Å². The van der Waals surface area contributed by atoms with Crippen LogP contribution in [0.3, 0.4) is 0 Å². The monoisotopic (exact) mass is 334 g/mol. The highest BCUT2D eigenvalue weighted by Crippen LogP contribution is 2.30. The molecule has 0 aromatic heterocycles. The minimum Gasteiger partial charge on any atom is -0.493 e. The van der Waals surface area contributed by atoms with Gasteiger partial charge in [-0.25, -0.2) is 0 Å². The Morgan fingerprint density at radius 2 is 1.75 bits per heavy atom. The first-order valence-electron chi connectivity index (χ1n) is 9.61. The number of methoxy groups -OCH3 is 2. The summed E-state index contributed by atoms with van der Waals surface area (Å²) in [5.41, 5.74) is 1.27. The Morgan fingerprint density at radius 3 is 2.42 bits per heavy atom. The Kier molecular flexibility index (Phi) is 6.01. The predicted octanol–water partition coefficient (Wildman–Crippen LogP) is 0.566. The zero-order valence-electron chi connectivity index (χ0n) is 15.6. The van der Waals surface area contributed by atoms with Crippen LogP contribution in [0.15, 0.2) is 18.2 Å². The lowest BCUT2D eigenvalue weighted by Gasteiger charge is -2.39. The summed E-state index contributed by atoms with van der Waals surface area (Å²) in [5.74, 6) is 2.66. The lowest BCUT2D eigenvalue weighted by molar-refractivity contribution is -1.03. The number of hydrogen-bond donors (Lipinski definition) is 2. The van der Waals surface area contributed by atoms with Crippen LogP contribution in [0.25, 0.3) is 0 Å². The number of para-hydroxylation sites is 1. The van der Waals surface area contributed by atoms with Crippen molar-refractivity contribution in [1.82, 2.24) is 0 Å². The quantitative estimate of drug-likeness (QED) is 0.824. The summed E-state index contributed by atoms with van der Waals surface area (Å²) in [4.78, 5) is 3.54. The second kappa shape index (κ2) is 8.21. The van der Waals surface area contributed by atoms with E-state index in [1.165, 1.54) is 57.4 Å². The Balaban J connectivity index is 1.58. The molecule has 2 aliphatic rings. The van der Waals surface area contributed by atoms with E-state index < -0.39 is 0 Å². The molecule has 134 valence electrons. The van der Waals surface area contributed by atoms with Crippen molar-refractivity contribution in [3.05, 3.63) is 23.8 Å². The zero-order valence-corrected chi connectivity index (χ0v) is 15.6. The number of hydrogen-bond acceptors (Lipinski definition) is 2. The van der Waals surface area contributed by atoms with E-state index in [0.717, 1.165) is 30.0 Å². The summed E-state index contributed by atoms with van der Waals surface area (Å²) in [6.07, 6.45) is 5.76. The first-order valence-corrected chi connectivity index (χ1v) is 9.61. The van der Waals surface area contributed by atoms with Crippen LogP contribution in [0, 0.1) is 5.92 Å². The van der Waals surface area contributed by atoms with Gasteiger partial charge in [0.05, 0.1) is 25.8 Å². The summed E-state index contributed by atoms with van der Waals surface area (Å²) in [6, 6.07) is 7.13. The average Bonchev–Trinajstić information content (AvgIpc) is 2.62. The predicted molar refractivity (Wildman–Crippen MR) is 96.1 cm³/mol. The molecule has 0 amide bonds. The van der Waals surface area contributed by atoms with E-state index in [1.807, 2.05) is 11.0 Å². The maximum atomic E-state index is 5.60. The third-order valence-corrected chi connectivity index (χ3v) is 6.16. The highest BCUT2D eigenvalue weighted by Gasteiger charge is 2.34. The van der Waals surface area contributed by atoms with Gasteiger partial charge in [0, 0.05) is 5.92 Å². The standard InChI is InChI=1S/C20H32N2O2/c1-16-7-4-5-9-18(16)22-13-11-21(12-14-22)15-17-8-6-10-19(23-2)20(17)24-3/h6,8,10,16,18H,4-5,7,9,11-15H2,1-3H3/p+2. The van der Waals surface area contributed by atoms with Crippen LogP contribution < -0.4 is 19.3 Å². The minimum absolute atomic E-state index is 0.842. The van der Waals surface area contributed by atoms with E-state index in [1.54, 1.807) is 19.1 Å². The Bertz CT molecular complexity index is 526. The molecule has 0 spiro atoms. The van der Waals surface area contributed by atoms with E-state index in [-0.39, 0.29) is 0 Å². The van der Waals surface area contributed by atoms with Gasteiger partial charge in [-0.2, -0.15) is 0 Å². The molecule has 2 unspecified atom stereocenters. The van der Waals surface area contributed by atoms with Gasteiger partial charge in [0.15, 0.2) is 11.5 Å². The first kappa shape index (κ1) is 17.6. The summed E-state index contributed by atoms with van der Waals surface area (Å²) in [7, 11) is 3.45. The SMILES string of the molecule is COc1cccc(C[NH+]2CC[NH+](C3CCCCC3C)CC2)c1OC. The van der Waals surface area contributed by atoms with E-state index in [0.29, 0.717) is 0 Å². The molecule has 24 heavy (non-hydrogen) atoms. The molecule has 2 fully saturated rings. The van der Waals surface area contributed by atoms with Crippen molar-refractivity contribution >= 4 is 0 Å². The number of benzene rings is 1. The van der Waals surface area contributed by atoms with Gasteiger partial charge in [0.1, 0.15) is 32.7 Å². The van der Waals surface area contributed by atoms with Crippen molar-refractivity contribution in [3.8, 4) is 11.5 Å². The molecule has 0 radical (unpaired) electrons. The van der Waals surface area contributed by atoms with Gasteiger partial charge in [-0.3, -0.25) is 0 Å². The molecule has 1 saturated carbocycles. The van der Waals surface area contributed by atoms with Gasteiger partial charge in [-0.1, -0.05) is 19.4 Å². The van der Waals surface area contributed by atoms with Crippen LogP contribution in [-0.2, 0) is 6.54 Å². The molecule has 4 nitrogen and oxygen atoms in total. The largest absolute Gasteiger partial charge is 0.493 e. The molecule has 1 saturated heterocycles. The van der Waals surface area contributed by atoms with Crippen LogP contribution in [-0.4, -0.2) is 46.4 Å². The molecule has 1 aromatic carbocycles. The third-order valence-electron chi connectivity index (χ3n) is 6.16. The fourth-order valence-corrected chi connectivity index (χ4v) is 4.76. The molecule has 1 aliphatic heterocycles. The van der Waals surface area contributed by atoms with E-state index in [9.17, 15) is 0 Å². The molecule has 1 aromatic rings. The molecule has 4 heteroatoms. The second-order valence-corrected chi connectivity index (χ2v) is 7.61. The molecule has 1 heterocycles. The highest BCUT2D eigenvalue weighted by molar-refractivity contribution is 5.46. The van der Waals surface area contributed by atoms with Crippen molar-refractivity contribution in [2.45, 2.75) is 45.2 Å². The van der Waals surface area contributed by atoms with Gasteiger partial charge in [-0.05, 0) is 31.4 Å². The highest BCUT2D eigenvalue weighted by atomic mass is 16.5.